The number of halogens is 1. The fourth-order valence-corrected chi connectivity index (χ4v) is 5.36. The molecular formula is C26H27ClN2O4S. The van der Waals surface area contributed by atoms with E-state index in [4.69, 9.17) is 11.6 Å². The Labute approximate surface area is 205 Å². The molecule has 0 fully saturated rings. The first-order valence-corrected chi connectivity index (χ1v) is 12.8. The fraction of sp³-hybridized carbons (Fsp3) is 0.269. The molecule has 8 heteroatoms. The van der Waals surface area contributed by atoms with Crippen LogP contribution in [-0.4, -0.2) is 37.0 Å². The van der Waals surface area contributed by atoms with Crippen LogP contribution in [0.4, 0.5) is 5.69 Å². The number of carbonyl (C=O) groups excluding carboxylic acids is 1. The Kier molecular flexibility index (Phi) is 6.46. The van der Waals surface area contributed by atoms with Gasteiger partial charge in [-0.3, -0.25) is 9.52 Å². The molecule has 34 heavy (non-hydrogen) atoms. The molecule has 0 saturated heterocycles. The Morgan fingerprint density at radius 3 is 2.50 bits per heavy atom. The van der Waals surface area contributed by atoms with Crippen molar-refractivity contribution >= 4 is 33.2 Å². The topological polar surface area (TPSA) is 86.7 Å². The molecule has 1 heterocycles. The minimum atomic E-state index is -3.87. The number of nitrogens with zero attached hydrogens (tertiary/aromatic N) is 1. The lowest BCUT2D eigenvalue weighted by molar-refractivity contribution is 0.0793. The van der Waals surface area contributed by atoms with E-state index in [1.165, 1.54) is 6.07 Å². The van der Waals surface area contributed by atoms with Crippen LogP contribution in [0.3, 0.4) is 0 Å². The molecule has 6 nitrogen and oxygen atoms in total. The average Bonchev–Trinajstić information content (AvgIpc) is 2.95. The van der Waals surface area contributed by atoms with Crippen LogP contribution in [0.15, 0.2) is 77.2 Å². The average molecular weight is 499 g/mol. The van der Waals surface area contributed by atoms with Gasteiger partial charge in [-0.05, 0) is 46.9 Å². The van der Waals surface area contributed by atoms with Gasteiger partial charge in [-0.15, -0.1) is 0 Å². The van der Waals surface area contributed by atoms with Crippen LogP contribution in [0.5, 0.6) is 0 Å². The van der Waals surface area contributed by atoms with Crippen molar-refractivity contribution in [3.63, 3.8) is 0 Å². The standard InChI is InChI=1S/C26H27ClN2O4S/c1-26(2,3)18-8-10-20(11-9-18)34(32,33)28-23-13-12-22(27)24-21(23)16-29(25(24)31)15-17-6-4-5-7-19(30)14-17/h4-14,19,28,30H,15-16H2,1-3H3. The van der Waals surface area contributed by atoms with E-state index in [2.05, 4.69) is 25.5 Å². The molecule has 4 rings (SSSR count). The van der Waals surface area contributed by atoms with E-state index in [1.54, 1.807) is 47.4 Å². The van der Waals surface area contributed by atoms with Gasteiger partial charge >= 0.3 is 0 Å². The second-order valence-corrected chi connectivity index (χ2v) is 11.6. The third kappa shape index (κ3) is 4.97. The molecule has 178 valence electrons. The first kappa shape index (κ1) is 24.3. The minimum Gasteiger partial charge on any atom is -0.385 e. The van der Waals surface area contributed by atoms with Gasteiger partial charge in [-0.2, -0.15) is 0 Å². The molecule has 1 aliphatic heterocycles. The molecule has 0 aromatic heterocycles. The molecule has 2 aliphatic rings. The molecule has 0 saturated carbocycles. The van der Waals surface area contributed by atoms with Gasteiger partial charge in [0.05, 0.1) is 27.3 Å². The zero-order valence-corrected chi connectivity index (χ0v) is 20.8. The summed E-state index contributed by atoms with van der Waals surface area (Å²) in [6.07, 6.45) is 7.94. The number of benzene rings is 2. The van der Waals surface area contributed by atoms with Crippen LogP contribution in [-0.2, 0) is 22.0 Å². The molecule has 0 radical (unpaired) electrons. The van der Waals surface area contributed by atoms with Crippen LogP contribution >= 0.6 is 11.6 Å². The molecule has 1 atom stereocenters. The van der Waals surface area contributed by atoms with Gasteiger partial charge in [-0.1, -0.05) is 68.8 Å². The van der Waals surface area contributed by atoms with E-state index < -0.39 is 16.1 Å². The summed E-state index contributed by atoms with van der Waals surface area (Å²) in [6.45, 7) is 6.65. The zero-order chi connectivity index (χ0) is 24.7. The van der Waals surface area contributed by atoms with Crippen LogP contribution in [0, 0.1) is 0 Å². The van der Waals surface area contributed by atoms with Gasteiger partial charge < -0.3 is 10.0 Å². The summed E-state index contributed by atoms with van der Waals surface area (Å²) in [6, 6.07) is 9.90. The van der Waals surface area contributed by atoms with E-state index in [-0.39, 0.29) is 34.3 Å². The third-order valence-corrected chi connectivity index (χ3v) is 7.57. The number of nitrogens with one attached hydrogen (secondary N) is 1. The maximum Gasteiger partial charge on any atom is 0.261 e. The van der Waals surface area contributed by atoms with E-state index in [9.17, 15) is 18.3 Å². The van der Waals surface area contributed by atoms with Gasteiger partial charge in [-0.25, -0.2) is 8.42 Å². The van der Waals surface area contributed by atoms with Gasteiger partial charge in [0, 0.05) is 18.7 Å². The van der Waals surface area contributed by atoms with Crippen molar-refractivity contribution in [1.29, 1.82) is 0 Å². The number of allylic oxidation sites excluding steroid dienone is 2. The van der Waals surface area contributed by atoms with Gasteiger partial charge in [0.15, 0.2) is 0 Å². The smallest absolute Gasteiger partial charge is 0.261 e. The summed E-state index contributed by atoms with van der Waals surface area (Å²) in [5.74, 6) is -0.281. The number of fused-ring (bicyclic) bond motifs is 1. The Morgan fingerprint density at radius 1 is 1.12 bits per heavy atom. The Hall–Kier alpha value is -2.87. The quantitative estimate of drug-likeness (QED) is 0.619. The number of anilines is 1. The summed E-state index contributed by atoms with van der Waals surface area (Å²) in [5.41, 5.74) is 2.86. The summed E-state index contributed by atoms with van der Waals surface area (Å²) in [4.78, 5) is 14.8. The number of aliphatic hydroxyl groups is 1. The van der Waals surface area contributed by atoms with Crippen LogP contribution in [0.1, 0.15) is 42.3 Å². The van der Waals surface area contributed by atoms with Crippen molar-refractivity contribution in [3.8, 4) is 0 Å². The monoisotopic (exact) mass is 498 g/mol. The molecule has 2 aromatic carbocycles. The van der Waals surface area contributed by atoms with E-state index in [0.717, 1.165) is 11.1 Å². The molecule has 1 amide bonds. The number of carbonyl (C=O) groups is 1. The SMILES string of the molecule is CC(C)(C)c1ccc(S(=O)(=O)Nc2ccc(Cl)c3c2CN(CC2=CC(O)C=CC=C2)C3=O)cc1. The highest BCUT2D eigenvalue weighted by atomic mass is 35.5. The first-order chi connectivity index (χ1) is 16.0. The normalized spacial score (nSPS) is 18.0. The Bertz CT molecular complexity index is 1320. The number of sulfonamides is 1. The maximum atomic E-state index is 13.1. The number of aliphatic hydroxyl groups excluding tert-OH is 1. The van der Waals surface area contributed by atoms with Crippen LogP contribution in [0.25, 0.3) is 0 Å². The molecular weight excluding hydrogens is 472 g/mol. The Morgan fingerprint density at radius 2 is 1.82 bits per heavy atom. The summed E-state index contributed by atoms with van der Waals surface area (Å²) in [7, 11) is -3.87. The largest absolute Gasteiger partial charge is 0.385 e. The highest BCUT2D eigenvalue weighted by molar-refractivity contribution is 7.92. The molecule has 1 aliphatic carbocycles. The lowest BCUT2D eigenvalue weighted by Crippen LogP contribution is -2.26. The Balaban J connectivity index is 1.60. The summed E-state index contributed by atoms with van der Waals surface area (Å²) < 4.78 is 28.9. The van der Waals surface area contributed by atoms with Crippen molar-refractivity contribution in [1.82, 2.24) is 4.90 Å². The molecule has 0 spiro atoms. The second kappa shape index (κ2) is 9.06. The van der Waals surface area contributed by atoms with Crippen molar-refractivity contribution in [2.45, 2.75) is 43.7 Å². The van der Waals surface area contributed by atoms with E-state index in [0.29, 0.717) is 16.8 Å². The molecule has 2 N–H and O–H groups in total. The zero-order valence-electron chi connectivity index (χ0n) is 19.2. The van der Waals surface area contributed by atoms with Crippen LogP contribution in [0.2, 0.25) is 5.02 Å². The van der Waals surface area contributed by atoms with Gasteiger partial charge in [0.1, 0.15) is 0 Å². The summed E-state index contributed by atoms with van der Waals surface area (Å²) in [5, 5.41) is 10.2. The van der Waals surface area contributed by atoms with E-state index in [1.807, 2.05) is 18.2 Å². The third-order valence-electron chi connectivity index (χ3n) is 5.88. The first-order valence-electron chi connectivity index (χ1n) is 10.9. The maximum absolute atomic E-state index is 13.1. The minimum absolute atomic E-state index is 0.0926. The fourth-order valence-electron chi connectivity index (χ4n) is 4.01. The number of hydrogen-bond donors (Lipinski definition) is 2. The predicted octanol–water partition coefficient (Wildman–Crippen LogP) is 4.81. The van der Waals surface area contributed by atoms with Crippen molar-refractivity contribution < 1.29 is 18.3 Å². The second-order valence-electron chi connectivity index (χ2n) is 9.47. The molecule has 1 unspecified atom stereocenters. The molecule has 0 bridgehead atoms. The number of rotatable bonds is 5. The van der Waals surface area contributed by atoms with Crippen molar-refractivity contribution in [2.75, 3.05) is 11.3 Å². The predicted molar refractivity (Wildman–Crippen MR) is 135 cm³/mol. The van der Waals surface area contributed by atoms with Gasteiger partial charge in [0.25, 0.3) is 15.9 Å². The van der Waals surface area contributed by atoms with Gasteiger partial charge in [0.2, 0.25) is 0 Å². The lowest BCUT2D eigenvalue weighted by atomic mass is 9.87. The molecule has 2 aromatic rings. The van der Waals surface area contributed by atoms with Crippen molar-refractivity contribution in [3.05, 3.63) is 94.1 Å². The summed E-state index contributed by atoms with van der Waals surface area (Å²) >= 11 is 6.34. The van der Waals surface area contributed by atoms with E-state index >= 15 is 0 Å². The lowest BCUT2D eigenvalue weighted by Gasteiger charge is -2.19. The number of hydrogen-bond acceptors (Lipinski definition) is 4. The van der Waals surface area contributed by atoms with Crippen LogP contribution < -0.4 is 4.72 Å². The highest BCUT2D eigenvalue weighted by Gasteiger charge is 2.33. The highest BCUT2D eigenvalue weighted by Crippen LogP contribution is 2.36. The number of amides is 1. The van der Waals surface area contributed by atoms with Crippen molar-refractivity contribution in [2.24, 2.45) is 0 Å².